The fourth-order valence-corrected chi connectivity index (χ4v) is 1.68. The molecule has 2 aromatic rings. The summed E-state index contributed by atoms with van der Waals surface area (Å²) in [7, 11) is 0. The molecular weight excluding hydrogens is 290 g/mol. The van der Waals surface area contributed by atoms with E-state index in [4.69, 9.17) is 5.21 Å². The predicted octanol–water partition coefficient (Wildman–Crippen LogP) is 3.68. The highest BCUT2D eigenvalue weighted by atomic mass is 79.9. The van der Waals surface area contributed by atoms with Crippen LogP contribution < -0.4 is 0 Å². The molecule has 1 N–H and O–H groups in total. The van der Waals surface area contributed by atoms with Crippen LogP contribution in [0.2, 0.25) is 0 Å². The Morgan fingerprint density at radius 3 is 2.28 bits per heavy atom. The second-order valence-electron chi connectivity index (χ2n) is 3.57. The molecule has 2 aromatic carbocycles. The molecule has 0 saturated carbocycles. The minimum atomic E-state index is 0.360. The molecule has 3 heteroatoms. The van der Waals surface area contributed by atoms with Crippen LogP contribution in [0.25, 0.3) is 0 Å². The highest BCUT2D eigenvalue weighted by Crippen LogP contribution is 2.09. The van der Waals surface area contributed by atoms with Gasteiger partial charge in [-0.2, -0.15) is 0 Å². The molecule has 0 bridgehead atoms. The summed E-state index contributed by atoms with van der Waals surface area (Å²) in [6.45, 7) is 0. The molecule has 0 aliphatic heterocycles. The highest BCUT2D eigenvalue weighted by molar-refractivity contribution is 9.10. The van der Waals surface area contributed by atoms with Gasteiger partial charge in [0.1, 0.15) is 0 Å². The van der Waals surface area contributed by atoms with Gasteiger partial charge in [-0.15, -0.1) is 0 Å². The third kappa shape index (κ3) is 3.22. The standard InChI is InChI=1S/C15H10BrNO/c16-14-9-6-12(7-10-14)8-11-15(17-18)13-4-2-1-3-5-13/h1-7,9-10,18H/b17-15-. The molecule has 0 aliphatic rings. The molecule has 0 unspecified atom stereocenters. The normalized spacial score (nSPS) is 10.6. The van der Waals surface area contributed by atoms with Crippen molar-refractivity contribution in [1.29, 1.82) is 0 Å². The van der Waals surface area contributed by atoms with Gasteiger partial charge in [0.05, 0.1) is 0 Å². The smallest absolute Gasteiger partial charge is 0.159 e. The van der Waals surface area contributed by atoms with E-state index in [9.17, 15) is 0 Å². The van der Waals surface area contributed by atoms with E-state index in [1.165, 1.54) is 0 Å². The quantitative estimate of drug-likeness (QED) is 0.370. The molecule has 0 fully saturated rings. The number of hydrogen-bond acceptors (Lipinski definition) is 2. The summed E-state index contributed by atoms with van der Waals surface area (Å²) in [6.07, 6.45) is 0. The van der Waals surface area contributed by atoms with Crippen LogP contribution in [0.3, 0.4) is 0 Å². The van der Waals surface area contributed by atoms with Crippen LogP contribution in [0.15, 0.2) is 64.2 Å². The fraction of sp³-hybridized carbons (Fsp3) is 0. The van der Waals surface area contributed by atoms with Crippen LogP contribution in [-0.4, -0.2) is 10.9 Å². The molecule has 88 valence electrons. The fourth-order valence-electron chi connectivity index (χ4n) is 1.42. The molecular formula is C15H10BrNO. The molecule has 0 spiro atoms. The Balaban J connectivity index is 2.26. The van der Waals surface area contributed by atoms with E-state index >= 15 is 0 Å². The monoisotopic (exact) mass is 299 g/mol. The Morgan fingerprint density at radius 1 is 1.00 bits per heavy atom. The maximum Gasteiger partial charge on any atom is 0.159 e. The van der Waals surface area contributed by atoms with Crippen molar-refractivity contribution >= 4 is 21.6 Å². The van der Waals surface area contributed by atoms with Crippen molar-refractivity contribution in [2.45, 2.75) is 0 Å². The molecule has 18 heavy (non-hydrogen) atoms. The molecule has 2 rings (SSSR count). The summed E-state index contributed by atoms with van der Waals surface area (Å²) in [4.78, 5) is 0. The molecule has 0 atom stereocenters. The van der Waals surface area contributed by atoms with E-state index in [2.05, 4.69) is 32.9 Å². The predicted molar refractivity (Wildman–Crippen MR) is 75.8 cm³/mol. The molecule has 0 saturated heterocycles. The van der Waals surface area contributed by atoms with Gasteiger partial charge in [-0.3, -0.25) is 0 Å². The van der Waals surface area contributed by atoms with Gasteiger partial charge in [-0.05, 0) is 30.2 Å². The average Bonchev–Trinajstić information content (AvgIpc) is 2.43. The maximum absolute atomic E-state index is 8.98. The van der Waals surface area contributed by atoms with Crippen LogP contribution >= 0.6 is 15.9 Å². The molecule has 0 heterocycles. The van der Waals surface area contributed by atoms with Crippen molar-refractivity contribution in [3.63, 3.8) is 0 Å². The first-order valence-electron chi connectivity index (χ1n) is 5.34. The Bertz CT molecular complexity index is 606. The van der Waals surface area contributed by atoms with Gasteiger partial charge in [-0.25, -0.2) is 0 Å². The minimum absolute atomic E-state index is 0.360. The van der Waals surface area contributed by atoms with Crippen LogP contribution in [0.4, 0.5) is 0 Å². The van der Waals surface area contributed by atoms with Gasteiger partial charge in [0.25, 0.3) is 0 Å². The lowest BCUT2D eigenvalue weighted by molar-refractivity contribution is 0.320. The van der Waals surface area contributed by atoms with Crippen LogP contribution in [0, 0.1) is 11.8 Å². The average molecular weight is 300 g/mol. The molecule has 2 nitrogen and oxygen atoms in total. The highest BCUT2D eigenvalue weighted by Gasteiger charge is 1.98. The van der Waals surface area contributed by atoms with Crippen molar-refractivity contribution < 1.29 is 5.21 Å². The first-order chi connectivity index (χ1) is 8.79. The van der Waals surface area contributed by atoms with Crippen molar-refractivity contribution in [1.82, 2.24) is 0 Å². The first-order valence-corrected chi connectivity index (χ1v) is 6.14. The maximum atomic E-state index is 8.98. The summed E-state index contributed by atoms with van der Waals surface area (Å²) in [5, 5.41) is 12.2. The molecule has 0 aromatic heterocycles. The summed E-state index contributed by atoms with van der Waals surface area (Å²) in [6, 6.07) is 17.0. The molecule has 0 radical (unpaired) electrons. The molecule has 0 amide bonds. The van der Waals surface area contributed by atoms with Crippen molar-refractivity contribution in [3.8, 4) is 11.8 Å². The lowest BCUT2D eigenvalue weighted by Crippen LogP contribution is -1.96. The number of oxime groups is 1. The number of nitrogens with zero attached hydrogens (tertiary/aromatic N) is 1. The Morgan fingerprint density at radius 2 is 1.67 bits per heavy atom. The van der Waals surface area contributed by atoms with Crippen LogP contribution in [0.5, 0.6) is 0 Å². The third-order valence-corrected chi connectivity index (χ3v) is 2.85. The van der Waals surface area contributed by atoms with Gasteiger partial charge in [0, 0.05) is 15.6 Å². The number of rotatable bonds is 1. The zero-order chi connectivity index (χ0) is 12.8. The first kappa shape index (κ1) is 12.4. The summed E-state index contributed by atoms with van der Waals surface area (Å²) in [5.41, 5.74) is 2.03. The number of benzene rings is 2. The minimum Gasteiger partial charge on any atom is -0.410 e. The molecule has 0 aliphatic carbocycles. The summed E-state index contributed by atoms with van der Waals surface area (Å²) in [5.74, 6) is 5.82. The zero-order valence-corrected chi connectivity index (χ0v) is 11.1. The van der Waals surface area contributed by atoms with E-state index in [-0.39, 0.29) is 0 Å². The lowest BCUT2D eigenvalue weighted by atomic mass is 10.1. The second kappa shape index (κ2) is 6.04. The number of halogens is 1. The summed E-state index contributed by atoms with van der Waals surface area (Å²) < 4.78 is 1.01. The van der Waals surface area contributed by atoms with Gasteiger partial charge in [-0.1, -0.05) is 57.3 Å². The van der Waals surface area contributed by atoms with Crippen molar-refractivity contribution in [2.75, 3.05) is 0 Å². The van der Waals surface area contributed by atoms with Gasteiger partial charge in [0.15, 0.2) is 5.71 Å². The topological polar surface area (TPSA) is 32.6 Å². The Labute approximate surface area is 114 Å². The Kier molecular flexibility index (Phi) is 4.16. The van der Waals surface area contributed by atoms with E-state index < -0.39 is 0 Å². The second-order valence-corrected chi connectivity index (χ2v) is 4.49. The van der Waals surface area contributed by atoms with Crippen LogP contribution in [-0.2, 0) is 0 Å². The largest absolute Gasteiger partial charge is 0.410 e. The summed E-state index contributed by atoms with van der Waals surface area (Å²) >= 11 is 3.36. The van der Waals surface area contributed by atoms with E-state index in [1.54, 1.807) is 0 Å². The van der Waals surface area contributed by atoms with E-state index in [1.807, 2.05) is 54.6 Å². The van der Waals surface area contributed by atoms with Crippen LogP contribution in [0.1, 0.15) is 11.1 Å². The van der Waals surface area contributed by atoms with Gasteiger partial charge in [0.2, 0.25) is 0 Å². The van der Waals surface area contributed by atoms with Crippen molar-refractivity contribution in [2.24, 2.45) is 5.16 Å². The Hall–Kier alpha value is -2.05. The third-order valence-electron chi connectivity index (χ3n) is 2.32. The van der Waals surface area contributed by atoms with E-state index in [0.717, 1.165) is 15.6 Å². The van der Waals surface area contributed by atoms with Gasteiger partial charge >= 0.3 is 0 Å². The SMILES string of the molecule is O/N=C(/C#Cc1ccc(Br)cc1)c1ccccc1. The lowest BCUT2D eigenvalue weighted by Gasteiger charge is -1.95. The van der Waals surface area contributed by atoms with Gasteiger partial charge < -0.3 is 5.21 Å². The van der Waals surface area contributed by atoms with Crippen molar-refractivity contribution in [3.05, 3.63) is 70.2 Å². The number of hydrogen-bond donors (Lipinski definition) is 1. The zero-order valence-electron chi connectivity index (χ0n) is 9.47. The van der Waals surface area contributed by atoms with E-state index in [0.29, 0.717) is 5.71 Å².